The van der Waals surface area contributed by atoms with E-state index in [4.69, 9.17) is 9.47 Å². The number of imide groups is 1. The van der Waals surface area contributed by atoms with Crippen LogP contribution < -0.4 is 20.1 Å². The number of carbonyl (C=O) groups excluding carboxylic acids is 3. The maximum atomic E-state index is 13.8. The first-order valence-electron chi connectivity index (χ1n) is 11.3. The van der Waals surface area contributed by atoms with Gasteiger partial charge in [-0.2, -0.15) is 0 Å². The number of benzene rings is 2. The Morgan fingerprint density at radius 3 is 2.65 bits per heavy atom. The molecule has 0 radical (unpaired) electrons. The molecule has 0 unspecified atom stereocenters. The summed E-state index contributed by atoms with van der Waals surface area (Å²) in [4.78, 5) is 42.2. The van der Waals surface area contributed by atoms with Gasteiger partial charge in [0.05, 0.1) is 24.5 Å². The lowest BCUT2D eigenvalue weighted by atomic mass is 9.75. The maximum absolute atomic E-state index is 13.8. The second kappa shape index (κ2) is 7.04. The van der Waals surface area contributed by atoms with Gasteiger partial charge >= 0.3 is 0 Å². The van der Waals surface area contributed by atoms with Crippen LogP contribution in [0.25, 0.3) is 0 Å². The minimum Gasteiger partial charge on any atom is -0.454 e. The van der Waals surface area contributed by atoms with Crippen LogP contribution in [0.5, 0.6) is 11.5 Å². The number of aliphatic hydroxyl groups excluding tert-OH is 1. The fourth-order valence-corrected chi connectivity index (χ4v) is 6.04. The molecule has 0 aliphatic carbocycles. The van der Waals surface area contributed by atoms with Crippen molar-refractivity contribution in [2.24, 2.45) is 11.8 Å². The fourth-order valence-electron chi connectivity index (χ4n) is 6.04. The van der Waals surface area contributed by atoms with Crippen molar-refractivity contribution in [1.82, 2.24) is 10.2 Å². The number of aryl methyl sites for hydroxylation is 2. The molecule has 5 atom stereocenters. The molecule has 9 heteroatoms. The van der Waals surface area contributed by atoms with Crippen LogP contribution in [-0.2, 0) is 26.5 Å². The number of hydrogen-bond donors (Lipinski definition) is 3. The molecule has 0 bridgehead atoms. The van der Waals surface area contributed by atoms with Gasteiger partial charge < -0.3 is 19.9 Å². The Morgan fingerprint density at radius 1 is 1.12 bits per heavy atom. The molecule has 34 heavy (non-hydrogen) atoms. The van der Waals surface area contributed by atoms with E-state index in [1.54, 1.807) is 25.1 Å². The van der Waals surface area contributed by atoms with E-state index >= 15 is 0 Å². The van der Waals surface area contributed by atoms with Gasteiger partial charge in [-0.05, 0) is 44.0 Å². The average molecular weight is 463 g/mol. The second-order valence-electron chi connectivity index (χ2n) is 9.63. The smallest absolute Gasteiger partial charge is 0.250 e. The van der Waals surface area contributed by atoms with Crippen LogP contribution in [0.3, 0.4) is 0 Å². The van der Waals surface area contributed by atoms with E-state index in [2.05, 4.69) is 10.6 Å². The molecular weight excluding hydrogens is 438 g/mol. The number of nitrogens with one attached hydrogen (secondary N) is 2. The topological polar surface area (TPSA) is 117 Å². The lowest BCUT2D eigenvalue weighted by Gasteiger charge is -2.30. The number of hydrogen-bond acceptors (Lipinski definition) is 7. The molecule has 9 nitrogen and oxygen atoms in total. The quantitative estimate of drug-likeness (QED) is 0.588. The summed E-state index contributed by atoms with van der Waals surface area (Å²) in [5, 5.41) is 16.7. The predicted molar refractivity (Wildman–Crippen MR) is 120 cm³/mol. The van der Waals surface area contributed by atoms with Crippen LogP contribution in [0.15, 0.2) is 30.3 Å². The van der Waals surface area contributed by atoms with Crippen LogP contribution >= 0.6 is 0 Å². The van der Waals surface area contributed by atoms with Crippen molar-refractivity contribution >= 4 is 23.4 Å². The van der Waals surface area contributed by atoms with Crippen LogP contribution in [0, 0.1) is 25.7 Å². The third-order valence-electron chi connectivity index (χ3n) is 7.49. The summed E-state index contributed by atoms with van der Waals surface area (Å²) in [6.45, 7) is 5.57. The normalized spacial score (nSPS) is 29.6. The Labute approximate surface area is 196 Å². The molecule has 0 aromatic heterocycles. The molecule has 176 valence electrons. The number of aliphatic hydroxyl groups is 1. The first-order chi connectivity index (χ1) is 16.2. The lowest BCUT2D eigenvalue weighted by molar-refractivity contribution is -0.143. The first-order valence-corrected chi connectivity index (χ1v) is 11.3. The van der Waals surface area contributed by atoms with Gasteiger partial charge in [0, 0.05) is 17.3 Å². The molecule has 4 heterocycles. The average Bonchev–Trinajstić information content (AvgIpc) is 3.51. The predicted octanol–water partition coefficient (Wildman–Crippen LogP) is 1.33. The molecule has 4 aliphatic rings. The molecule has 2 aromatic carbocycles. The van der Waals surface area contributed by atoms with Gasteiger partial charge in [0.2, 0.25) is 24.5 Å². The van der Waals surface area contributed by atoms with E-state index in [1.807, 2.05) is 26.0 Å². The molecular formula is C25H25N3O6. The summed E-state index contributed by atoms with van der Waals surface area (Å²) in [6.07, 6.45) is -0.947. The van der Waals surface area contributed by atoms with Gasteiger partial charge in [-0.15, -0.1) is 0 Å². The minimum atomic E-state index is -1.42. The van der Waals surface area contributed by atoms with Gasteiger partial charge in [0.25, 0.3) is 0 Å². The Morgan fingerprint density at radius 2 is 1.88 bits per heavy atom. The van der Waals surface area contributed by atoms with E-state index in [0.717, 1.165) is 11.1 Å². The molecule has 3 N–H and O–H groups in total. The number of carbonyl (C=O) groups is 3. The molecule has 1 spiro atoms. The Balaban J connectivity index is 1.44. The van der Waals surface area contributed by atoms with Gasteiger partial charge in [0.1, 0.15) is 5.54 Å². The summed E-state index contributed by atoms with van der Waals surface area (Å²) >= 11 is 0. The molecule has 2 fully saturated rings. The zero-order chi connectivity index (χ0) is 23.9. The van der Waals surface area contributed by atoms with Crippen molar-refractivity contribution in [3.05, 3.63) is 52.6 Å². The zero-order valence-electron chi connectivity index (χ0n) is 19.0. The monoisotopic (exact) mass is 463 g/mol. The van der Waals surface area contributed by atoms with E-state index in [0.29, 0.717) is 28.3 Å². The SMILES string of the molecule is Cc1cc(C)c2c(c1)[C@@]1(N[C@H]([C@@H](C)O)[C@H]3C(=O)N(Cc4ccc5c(c4)OCO5)C(=O)[C@H]31)C(=O)N2. The fraction of sp³-hybridized carbons (Fsp3) is 0.400. The highest BCUT2D eigenvalue weighted by Gasteiger charge is 2.71. The highest BCUT2D eigenvalue weighted by atomic mass is 16.7. The van der Waals surface area contributed by atoms with Crippen molar-refractivity contribution in [3.8, 4) is 11.5 Å². The van der Waals surface area contributed by atoms with E-state index in [9.17, 15) is 19.5 Å². The largest absolute Gasteiger partial charge is 0.454 e. The van der Waals surface area contributed by atoms with E-state index in [1.165, 1.54) is 4.90 Å². The van der Waals surface area contributed by atoms with Gasteiger partial charge in [0.15, 0.2) is 11.5 Å². The number of likely N-dealkylation sites (tertiary alicyclic amines) is 1. The summed E-state index contributed by atoms with van der Waals surface area (Å²) in [6, 6.07) is 8.38. The summed E-state index contributed by atoms with van der Waals surface area (Å²) < 4.78 is 10.8. The van der Waals surface area contributed by atoms with Crippen molar-refractivity contribution in [3.63, 3.8) is 0 Å². The second-order valence-corrected chi connectivity index (χ2v) is 9.63. The van der Waals surface area contributed by atoms with Crippen molar-refractivity contribution in [2.45, 2.75) is 45.0 Å². The van der Waals surface area contributed by atoms with Gasteiger partial charge in [-0.3, -0.25) is 24.6 Å². The van der Waals surface area contributed by atoms with Crippen LogP contribution in [-0.4, -0.2) is 46.7 Å². The number of rotatable bonds is 3. The lowest BCUT2D eigenvalue weighted by Crippen LogP contribution is -2.54. The number of anilines is 1. The summed E-state index contributed by atoms with van der Waals surface area (Å²) in [7, 11) is 0. The molecule has 2 aromatic rings. The van der Waals surface area contributed by atoms with Gasteiger partial charge in [-0.25, -0.2) is 0 Å². The number of nitrogens with zero attached hydrogens (tertiary/aromatic N) is 1. The number of fused-ring (bicyclic) bond motifs is 5. The van der Waals surface area contributed by atoms with Crippen molar-refractivity contribution in [1.29, 1.82) is 0 Å². The number of amides is 3. The Bertz CT molecular complexity index is 1270. The molecule has 0 saturated carbocycles. The summed E-state index contributed by atoms with van der Waals surface area (Å²) in [5.41, 5.74) is 2.42. The Hall–Kier alpha value is -3.43. The highest BCUT2D eigenvalue weighted by Crippen LogP contribution is 2.54. The van der Waals surface area contributed by atoms with Crippen molar-refractivity contribution in [2.75, 3.05) is 12.1 Å². The van der Waals surface area contributed by atoms with E-state index < -0.39 is 41.3 Å². The third kappa shape index (κ3) is 2.65. The Kier molecular flexibility index (Phi) is 4.37. The standard InChI is InChI=1S/C25H25N3O6/c1-11-6-12(2)20-15(7-11)25(24(32)26-20)19-18(21(27-25)13(3)29)22(30)28(23(19)31)9-14-4-5-16-17(8-14)34-10-33-16/h4-8,13,18-19,21,27,29H,9-10H2,1-3H3,(H,26,32)/t13-,18+,19+,21-,25+/m1/s1. The van der Waals surface area contributed by atoms with Gasteiger partial charge in [-0.1, -0.05) is 23.8 Å². The van der Waals surface area contributed by atoms with Crippen molar-refractivity contribution < 1.29 is 29.0 Å². The van der Waals surface area contributed by atoms with E-state index in [-0.39, 0.29) is 19.2 Å². The molecule has 2 saturated heterocycles. The summed E-state index contributed by atoms with van der Waals surface area (Å²) in [5.74, 6) is -1.84. The maximum Gasteiger partial charge on any atom is 0.250 e. The zero-order valence-corrected chi connectivity index (χ0v) is 19.0. The number of ether oxygens (including phenoxy) is 2. The molecule has 6 rings (SSSR count). The highest BCUT2D eigenvalue weighted by molar-refractivity contribution is 6.15. The molecule has 3 amide bonds. The first kappa shape index (κ1) is 21.1. The molecule has 4 aliphatic heterocycles. The van der Waals surface area contributed by atoms with Crippen LogP contribution in [0.1, 0.15) is 29.2 Å². The van der Waals surface area contributed by atoms with Crippen LogP contribution in [0.2, 0.25) is 0 Å². The third-order valence-corrected chi connectivity index (χ3v) is 7.49. The minimum absolute atomic E-state index is 0.0469. The van der Waals surface area contributed by atoms with Crippen LogP contribution in [0.4, 0.5) is 5.69 Å².